The lowest BCUT2D eigenvalue weighted by atomic mass is 10.2. The molecule has 0 aliphatic rings. The molecule has 9 heteroatoms. The molecule has 0 aliphatic carbocycles. The van der Waals surface area contributed by atoms with Gasteiger partial charge < -0.3 is 11.1 Å². The summed E-state index contributed by atoms with van der Waals surface area (Å²) in [4.78, 5) is 30.7. The number of aliphatic imine (C=N–C) groups is 1. The number of para-hydroxylation sites is 1. The summed E-state index contributed by atoms with van der Waals surface area (Å²) in [5.74, 6) is 0.571. The van der Waals surface area contributed by atoms with Crippen molar-refractivity contribution < 1.29 is 0 Å². The van der Waals surface area contributed by atoms with Gasteiger partial charge in [0.25, 0.3) is 5.56 Å². The molecule has 4 rings (SSSR count). The van der Waals surface area contributed by atoms with Crippen molar-refractivity contribution in [2.75, 3.05) is 11.1 Å². The lowest BCUT2D eigenvalue weighted by Crippen LogP contribution is -2.44. The maximum Gasteiger partial charge on any atom is 0.332 e. The number of rotatable bonds is 7. The second-order valence-electron chi connectivity index (χ2n) is 8.68. The highest BCUT2D eigenvalue weighted by Gasteiger charge is 2.21. The summed E-state index contributed by atoms with van der Waals surface area (Å²) < 4.78 is 4.29. The zero-order chi connectivity index (χ0) is 24.9. The van der Waals surface area contributed by atoms with Gasteiger partial charge in [-0.15, -0.1) is 0 Å². The van der Waals surface area contributed by atoms with E-state index in [1.165, 1.54) is 11.6 Å². The predicted octanol–water partition coefficient (Wildman–Crippen LogP) is 3.03. The quantitative estimate of drug-likeness (QED) is 0.318. The largest absolute Gasteiger partial charge is 0.384 e. The number of nitrogen functional groups attached to an aromatic ring is 1. The Bertz CT molecular complexity index is 1430. The van der Waals surface area contributed by atoms with Crippen LogP contribution in [0.15, 0.2) is 87.6 Å². The molecule has 0 fully saturated rings. The Labute approximate surface area is 203 Å². The molecule has 0 saturated heterocycles. The Hall–Kier alpha value is -4.40. The molecule has 0 amide bonds. The Balaban J connectivity index is 1.76. The SMILES string of the molecule is CC(C)Cn1c(N)c(C(=NCc2ccc(-n3cccn3)cc2)Nc2ccccc2)c(=O)n(C)c1=O. The van der Waals surface area contributed by atoms with E-state index in [-0.39, 0.29) is 17.3 Å². The van der Waals surface area contributed by atoms with Gasteiger partial charge in [0.1, 0.15) is 17.2 Å². The van der Waals surface area contributed by atoms with E-state index in [1.54, 1.807) is 10.9 Å². The standard InChI is InChI=1S/C26H29N7O2/c1-18(2)17-32-23(27)22(25(34)31(3)26(32)35)24(30-20-8-5-4-6-9-20)28-16-19-10-12-21(13-11-19)33-15-7-14-29-33/h4-15,18H,16-17,27H2,1-3H3,(H,28,30). The number of aromatic nitrogens is 4. The van der Waals surface area contributed by atoms with Crippen molar-refractivity contribution in [2.45, 2.75) is 26.9 Å². The van der Waals surface area contributed by atoms with Gasteiger partial charge >= 0.3 is 5.69 Å². The number of amidine groups is 1. The molecule has 0 unspecified atom stereocenters. The molecular weight excluding hydrogens is 442 g/mol. The van der Waals surface area contributed by atoms with E-state index in [0.29, 0.717) is 18.9 Å². The van der Waals surface area contributed by atoms with Gasteiger partial charge in [-0.05, 0) is 41.8 Å². The van der Waals surface area contributed by atoms with Crippen LogP contribution in [0, 0.1) is 5.92 Å². The molecule has 0 spiro atoms. The van der Waals surface area contributed by atoms with E-state index in [9.17, 15) is 9.59 Å². The number of hydrogen-bond donors (Lipinski definition) is 2. The molecule has 4 aromatic rings. The van der Waals surface area contributed by atoms with Gasteiger partial charge in [0.05, 0.1) is 12.2 Å². The predicted molar refractivity (Wildman–Crippen MR) is 139 cm³/mol. The van der Waals surface area contributed by atoms with Crippen molar-refractivity contribution in [2.24, 2.45) is 18.0 Å². The third-order valence-electron chi connectivity index (χ3n) is 5.53. The number of hydrogen-bond acceptors (Lipinski definition) is 5. The summed E-state index contributed by atoms with van der Waals surface area (Å²) in [5.41, 5.74) is 8.28. The van der Waals surface area contributed by atoms with E-state index < -0.39 is 11.2 Å². The van der Waals surface area contributed by atoms with Gasteiger partial charge in [-0.1, -0.05) is 44.2 Å². The second kappa shape index (κ2) is 10.3. The summed E-state index contributed by atoms with van der Waals surface area (Å²) in [7, 11) is 1.46. The van der Waals surface area contributed by atoms with Crippen LogP contribution < -0.4 is 22.3 Å². The maximum absolute atomic E-state index is 13.2. The van der Waals surface area contributed by atoms with E-state index in [4.69, 9.17) is 10.7 Å². The Morgan fingerprint density at radius 3 is 2.40 bits per heavy atom. The van der Waals surface area contributed by atoms with Crippen LogP contribution in [0.4, 0.5) is 11.5 Å². The van der Waals surface area contributed by atoms with E-state index >= 15 is 0 Å². The smallest absolute Gasteiger partial charge is 0.332 e. The van der Waals surface area contributed by atoms with E-state index in [1.807, 2.05) is 80.7 Å². The van der Waals surface area contributed by atoms with Crippen LogP contribution >= 0.6 is 0 Å². The van der Waals surface area contributed by atoms with Gasteiger partial charge in [0, 0.05) is 31.7 Å². The highest BCUT2D eigenvalue weighted by atomic mass is 16.2. The van der Waals surface area contributed by atoms with Crippen LogP contribution in [0.5, 0.6) is 0 Å². The third kappa shape index (κ3) is 5.24. The van der Waals surface area contributed by atoms with Crippen LogP contribution in [-0.2, 0) is 20.1 Å². The van der Waals surface area contributed by atoms with E-state index in [0.717, 1.165) is 21.5 Å². The first-order valence-corrected chi connectivity index (χ1v) is 11.4. The van der Waals surface area contributed by atoms with E-state index in [2.05, 4.69) is 10.4 Å². The first-order valence-electron chi connectivity index (χ1n) is 11.4. The summed E-state index contributed by atoms with van der Waals surface area (Å²) in [6.07, 6.45) is 3.60. The number of anilines is 2. The summed E-state index contributed by atoms with van der Waals surface area (Å²) in [6, 6.07) is 19.1. The average molecular weight is 472 g/mol. The topological polar surface area (TPSA) is 112 Å². The van der Waals surface area contributed by atoms with Crippen LogP contribution in [0.25, 0.3) is 5.69 Å². The Morgan fingerprint density at radius 2 is 1.77 bits per heavy atom. The molecule has 0 radical (unpaired) electrons. The fourth-order valence-electron chi connectivity index (χ4n) is 3.73. The third-order valence-corrected chi connectivity index (χ3v) is 5.53. The van der Waals surface area contributed by atoms with Crippen LogP contribution in [0.3, 0.4) is 0 Å². The Morgan fingerprint density at radius 1 is 1.06 bits per heavy atom. The summed E-state index contributed by atoms with van der Waals surface area (Å²) >= 11 is 0. The van der Waals surface area contributed by atoms with Gasteiger partial charge in [-0.3, -0.25) is 18.9 Å². The van der Waals surface area contributed by atoms with Crippen molar-refractivity contribution in [1.82, 2.24) is 18.9 Å². The molecular formula is C26H29N7O2. The monoisotopic (exact) mass is 471 g/mol. The van der Waals surface area contributed by atoms with Gasteiger partial charge in [0.2, 0.25) is 0 Å². The average Bonchev–Trinajstić information content (AvgIpc) is 3.40. The molecule has 0 atom stereocenters. The first kappa shape index (κ1) is 23.7. The summed E-state index contributed by atoms with van der Waals surface area (Å²) in [5, 5.41) is 7.48. The highest BCUT2D eigenvalue weighted by Crippen LogP contribution is 2.15. The lowest BCUT2D eigenvalue weighted by Gasteiger charge is -2.18. The molecule has 180 valence electrons. The maximum atomic E-state index is 13.2. The van der Waals surface area contributed by atoms with Crippen molar-refractivity contribution in [1.29, 1.82) is 0 Å². The van der Waals surface area contributed by atoms with Crippen molar-refractivity contribution in [3.63, 3.8) is 0 Å². The molecule has 0 saturated carbocycles. The minimum Gasteiger partial charge on any atom is -0.384 e. The fraction of sp³-hybridized carbons (Fsp3) is 0.231. The minimum absolute atomic E-state index is 0.100. The Kier molecular flexibility index (Phi) is 6.96. The first-order chi connectivity index (χ1) is 16.8. The molecule has 0 aliphatic heterocycles. The molecule has 2 aromatic carbocycles. The zero-order valence-electron chi connectivity index (χ0n) is 20.0. The van der Waals surface area contributed by atoms with Crippen LogP contribution in [0.2, 0.25) is 0 Å². The minimum atomic E-state index is -0.497. The fourth-order valence-corrected chi connectivity index (χ4v) is 3.73. The lowest BCUT2D eigenvalue weighted by molar-refractivity contribution is 0.493. The van der Waals surface area contributed by atoms with Crippen LogP contribution in [0.1, 0.15) is 25.0 Å². The second-order valence-corrected chi connectivity index (χ2v) is 8.68. The number of benzene rings is 2. The van der Waals surface area contributed by atoms with Gasteiger partial charge in [-0.25, -0.2) is 9.48 Å². The highest BCUT2D eigenvalue weighted by molar-refractivity contribution is 6.10. The molecule has 2 aromatic heterocycles. The molecule has 9 nitrogen and oxygen atoms in total. The van der Waals surface area contributed by atoms with Gasteiger partial charge in [-0.2, -0.15) is 5.10 Å². The van der Waals surface area contributed by atoms with Crippen molar-refractivity contribution >= 4 is 17.3 Å². The number of nitrogens with two attached hydrogens (primary N) is 1. The van der Waals surface area contributed by atoms with Crippen LogP contribution in [-0.4, -0.2) is 24.8 Å². The molecule has 35 heavy (non-hydrogen) atoms. The normalized spacial score (nSPS) is 11.7. The molecule has 3 N–H and O–H groups in total. The summed E-state index contributed by atoms with van der Waals surface area (Å²) in [6.45, 7) is 4.67. The van der Waals surface area contributed by atoms with Crippen molar-refractivity contribution in [3.8, 4) is 5.69 Å². The molecule has 2 heterocycles. The zero-order valence-corrected chi connectivity index (χ0v) is 20.0. The molecule has 0 bridgehead atoms. The number of nitrogens with zero attached hydrogens (tertiary/aromatic N) is 5. The van der Waals surface area contributed by atoms with Crippen molar-refractivity contribution in [3.05, 3.63) is 105 Å². The van der Waals surface area contributed by atoms with Gasteiger partial charge in [0.15, 0.2) is 0 Å². The number of nitrogens with one attached hydrogen (secondary N) is 1.